The van der Waals surface area contributed by atoms with E-state index in [0.29, 0.717) is 5.56 Å². The van der Waals surface area contributed by atoms with Crippen LogP contribution in [-0.4, -0.2) is 18.0 Å². The van der Waals surface area contributed by atoms with E-state index in [1.54, 1.807) is 0 Å². The number of rotatable bonds is 4. The fourth-order valence-corrected chi connectivity index (χ4v) is 1.56. The Hall–Kier alpha value is -2.46. The lowest BCUT2D eigenvalue weighted by atomic mass is 9.97. The van der Waals surface area contributed by atoms with Gasteiger partial charge in [0.25, 0.3) is 5.69 Å². The highest BCUT2D eigenvalue weighted by atomic mass is 16.6. The smallest absolute Gasteiger partial charge is 0.310 e. The minimum atomic E-state index is -0.649. The van der Waals surface area contributed by atoms with Crippen molar-refractivity contribution in [2.45, 2.75) is 13.0 Å². The Bertz CT molecular complexity index is 534. The van der Waals surface area contributed by atoms with E-state index in [-0.39, 0.29) is 29.8 Å². The van der Waals surface area contributed by atoms with E-state index in [1.807, 2.05) is 6.07 Å². The predicted octanol–water partition coefficient (Wildman–Crippen LogP) is 0.641. The van der Waals surface area contributed by atoms with Crippen molar-refractivity contribution in [3.05, 3.63) is 38.9 Å². The number of hydrogen-bond donors (Lipinski definition) is 1. The molecule has 1 aromatic rings. The van der Waals surface area contributed by atoms with Crippen LogP contribution in [0.4, 0.5) is 5.69 Å². The molecule has 0 amide bonds. The van der Waals surface area contributed by atoms with Crippen LogP contribution in [0.2, 0.25) is 0 Å². The summed E-state index contributed by atoms with van der Waals surface area (Å²) in [7, 11) is 1.17. The van der Waals surface area contributed by atoms with Crippen LogP contribution in [0, 0.1) is 21.4 Å². The number of nitrogens with zero attached hydrogens (tertiary/aromatic N) is 2. The molecule has 0 aliphatic heterocycles. The minimum absolute atomic E-state index is 0.0392. The summed E-state index contributed by atoms with van der Waals surface area (Å²) in [5.41, 5.74) is 5.73. The molecule has 0 saturated carbocycles. The summed E-state index contributed by atoms with van der Waals surface area (Å²) in [4.78, 5) is 21.5. The molecule has 0 bridgehead atoms. The van der Waals surface area contributed by atoms with Gasteiger partial charge in [0.2, 0.25) is 0 Å². The Morgan fingerprint density at radius 1 is 1.61 bits per heavy atom. The maximum atomic E-state index is 11.2. The molecule has 1 aromatic carbocycles. The second-order valence-corrected chi connectivity index (χ2v) is 3.42. The SMILES string of the molecule is COC(=O)Cc1c([N+](=O)[O-])ccc(CN)c1C#N. The summed E-state index contributed by atoms with van der Waals surface area (Å²) < 4.78 is 4.46. The molecule has 0 aliphatic carbocycles. The highest BCUT2D eigenvalue weighted by Crippen LogP contribution is 2.25. The lowest BCUT2D eigenvalue weighted by Gasteiger charge is -2.08. The van der Waals surface area contributed by atoms with E-state index >= 15 is 0 Å². The van der Waals surface area contributed by atoms with Crippen molar-refractivity contribution in [2.24, 2.45) is 5.73 Å². The second-order valence-electron chi connectivity index (χ2n) is 3.42. The quantitative estimate of drug-likeness (QED) is 0.475. The van der Waals surface area contributed by atoms with Crippen LogP contribution in [0.5, 0.6) is 0 Å². The number of carbonyl (C=O) groups excluding carboxylic acids is 1. The number of esters is 1. The molecule has 0 spiro atoms. The first-order chi connectivity index (χ1) is 8.54. The van der Waals surface area contributed by atoms with Crippen molar-refractivity contribution in [1.82, 2.24) is 0 Å². The molecule has 0 aliphatic rings. The van der Waals surface area contributed by atoms with Crippen molar-refractivity contribution in [3.63, 3.8) is 0 Å². The van der Waals surface area contributed by atoms with E-state index in [2.05, 4.69) is 4.74 Å². The number of nitro benzene ring substituents is 1. The van der Waals surface area contributed by atoms with Gasteiger partial charge in [-0.05, 0) is 11.6 Å². The molecule has 0 saturated heterocycles. The van der Waals surface area contributed by atoms with Gasteiger partial charge in [-0.25, -0.2) is 0 Å². The van der Waals surface area contributed by atoms with Crippen molar-refractivity contribution in [2.75, 3.05) is 7.11 Å². The zero-order chi connectivity index (χ0) is 13.7. The highest BCUT2D eigenvalue weighted by Gasteiger charge is 2.22. The summed E-state index contributed by atoms with van der Waals surface area (Å²) in [5.74, 6) is -0.649. The lowest BCUT2D eigenvalue weighted by molar-refractivity contribution is -0.385. The third-order valence-electron chi connectivity index (χ3n) is 2.45. The van der Waals surface area contributed by atoms with Crippen LogP contribution in [0.25, 0.3) is 0 Å². The molecule has 18 heavy (non-hydrogen) atoms. The van der Waals surface area contributed by atoms with E-state index in [9.17, 15) is 14.9 Å². The van der Waals surface area contributed by atoms with Gasteiger partial charge in [0, 0.05) is 12.6 Å². The fraction of sp³-hybridized carbons (Fsp3) is 0.273. The van der Waals surface area contributed by atoms with Gasteiger partial charge in [-0.2, -0.15) is 5.26 Å². The number of hydrogen-bond acceptors (Lipinski definition) is 6. The van der Waals surface area contributed by atoms with Crippen molar-refractivity contribution >= 4 is 11.7 Å². The Morgan fingerprint density at radius 3 is 2.72 bits per heavy atom. The van der Waals surface area contributed by atoms with Crippen molar-refractivity contribution in [1.29, 1.82) is 5.26 Å². The summed E-state index contributed by atoms with van der Waals surface area (Å²) in [5, 5.41) is 19.9. The third-order valence-corrected chi connectivity index (χ3v) is 2.45. The first kappa shape index (κ1) is 13.6. The number of carbonyl (C=O) groups is 1. The average Bonchev–Trinajstić information content (AvgIpc) is 2.37. The number of ether oxygens (including phenoxy) is 1. The predicted molar refractivity (Wildman–Crippen MR) is 61.4 cm³/mol. The summed E-state index contributed by atoms with van der Waals surface area (Å²) in [6.07, 6.45) is -0.330. The van der Waals surface area contributed by atoms with Crippen LogP contribution >= 0.6 is 0 Å². The number of methoxy groups -OCH3 is 1. The molecular formula is C11H11N3O4. The van der Waals surface area contributed by atoms with Gasteiger partial charge in [0.1, 0.15) is 6.07 Å². The van der Waals surface area contributed by atoms with E-state index in [0.717, 1.165) is 0 Å². The molecule has 1 rings (SSSR count). The van der Waals surface area contributed by atoms with Crippen LogP contribution in [0.1, 0.15) is 16.7 Å². The monoisotopic (exact) mass is 249 g/mol. The van der Waals surface area contributed by atoms with Crippen molar-refractivity contribution < 1.29 is 14.5 Å². The molecule has 0 heterocycles. The molecule has 7 nitrogen and oxygen atoms in total. The van der Waals surface area contributed by atoms with Gasteiger partial charge in [-0.3, -0.25) is 14.9 Å². The van der Waals surface area contributed by atoms with Crippen LogP contribution in [0.3, 0.4) is 0 Å². The number of benzene rings is 1. The molecule has 0 unspecified atom stereocenters. The van der Waals surface area contributed by atoms with E-state index in [4.69, 9.17) is 11.0 Å². The molecule has 7 heteroatoms. The number of nitriles is 1. The number of nitro groups is 1. The van der Waals surface area contributed by atoms with Crippen LogP contribution in [-0.2, 0) is 22.5 Å². The first-order valence-electron chi connectivity index (χ1n) is 5.01. The largest absolute Gasteiger partial charge is 0.469 e. The maximum Gasteiger partial charge on any atom is 0.310 e. The van der Waals surface area contributed by atoms with Crippen molar-refractivity contribution in [3.8, 4) is 6.07 Å². The van der Waals surface area contributed by atoms with Gasteiger partial charge >= 0.3 is 5.97 Å². The molecule has 94 valence electrons. The third kappa shape index (κ3) is 2.61. The van der Waals surface area contributed by atoms with E-state index < -0.39 is 10.9 Å². The normalized spacial score (nSPS) is 9.61. The Morgan fingerprint density at radius 2 is 2.28 bits per heavy atom. The van der Waals surface area contributed by atoms with Gasteiger partial charge in [-0.15, -0.1) is 0 Å². The standard InChI is InChI=1S/C11H11N3O4/c1-18-11(15)4-8-9(6-13)7(5-12)2-3-10(8)14(16)17/h2-3H,4-5,12H2,1H3. The molecular weight excluding hydrogens is 238 g/mol. The van der Waals surface area contributed by atoms with Gasteiger partial charge in [-0.1, -0.05) is 0 Å². The molecule has 0 radical (unpaired) electrons. The molecule has 2 N–H and O–H groups in total. The molecule has 0 aromatic heterocycles. The lowest BCUT2D eigenvalue weighted by Crippen LogP contribution is -2.11. The summed E-state index contributed by atoms with van der Waals surface area (Å²) in [6.45, 7) is 0.0645. The Labute approximate surface area is 103 Å². The molecule has 0 fully saturated rings. The average molecular weight is 249 g/mol. The zero-order valence-corrected chi connectivity index (χ0v) is 9.67. The maximum absolute atomic E-state index is 11.2. The summed E-state index contributed by atoms with van der Waals surface area (Å²) in [6, 6.07) is 4.50. The van der Waals surface area contributed by atoms with Crippen LogP contribution < -0.4 is 5.73 Å². The number of nitrogens with two attached hydrogens (primary N) is 1. The zero-order valence-electron chi connectivity index (χ0n) is 9.67. The van der Waals surface area contributed by atoms with Gasteiger partial charge in [0.15, 0.2) is 0 Å². The van der Waals surface area contributed by atoms with E-state index in [1.165, 1.54) is 19.2 Å². The topological polar surface area (TPSA) is 119 Å². The fourth-order valence-electron chi connectivity index (χ4n) is 1.56. The second kappa shape index (κ2) is 5.75. The van der Waals surface area contributed by atoms with Crippen LogP contribution in [0.15, 0.2) is 12.1 Å². The summed E-state index contributed by atoms with van der Waals surface area (Å²) >= 11 is 0. The first-order valence-corrected chi connectivity index (χ1v) is 5.01. The Balaban J connectivity index is 3.44. The minimum Gasteiger partial charge on any atom is -0.469 e. The van der Waals surface area contributed by atoms with Gasteiger partial charge < -0.3 is 10.5 Å². The molecule has 0 atom stereocenters. The van der Waals surface area contributed by atoms with Gasteiger partial charge in [0.05, 0.1) is 29.6 Å². The highest BCUT2D eigenvalue weighted by molar-refractivity contribution is 5.76. The Kier molecular flexibility index (Phi) is 4.34.